The lowest BCUT2D eigenvalue weighted by Crippen LogP contribution is -1.87. The van der Waals surface area contributed by atoms with Gasteiger partial charge in [0.1, 0.15) is 5.75 Å². The molecular formula is C12H11N3O. The second-order valence-corrected chi connectivity index (χ2v) is 3.58. The van der Waals surface area contributed by atoms with Crippen LogP contribution in [0.2, 0.25) is 0 Å². The lowest BCUT2D eigenvalue weighted by molar-refractivity contribution is 0.461. The molecule has 0 fully saturated rings. The Hall–Kier alpha value is -2.28. The summed E-state index contributed by atoms with van der Waals surface area (Å²) in [5.74, 6) is 1.21. The van der Waals surface area contributed by atoms with E-state index >= 15 is 0 Å². The zero-order chi connectivity index (χ0) is 11.5. The van der Waals surface area contributed by atoms with E-state index in [1.165, 1.54) is 0 Å². The van der Waals surface area contributed by atoms with Crippen LogP contribution in [0.25, 0.3) is 0 Å². The zero-order valence-electron chi connectivity index (χ0n) is 9.11. The first-order valence-corrected chi connectivity index (χ1v) is 4.89. The Kier molecular flexibility index (Phi) is 2.61. The van der Waals surface area contributed by atoms with E-state index in [0.717, 1.165) is 11.3 Å². The van der Waals surface area contributed by atoms with Gasteiger partial charge in [0.15, 0.2) is 0 Å². The second-order valence-electron chi connectivity index (χ2n) is 3.58. The highest BCUT2D eigenvalue weighted by atomic mass is 16.5. The van der Waals surface area contributed by atoms with Crippen LogP contribution in [-0.4, -0.2) is 10.2 Å². The van der Waals surface area contributed by atoms with Crippen LogP contribution in [0.1, 0.15) is 16.8 Å². The lowest BCUT2D eigenvalue weighted by Gasteiger charge is -2.03. The highest BCUT2D eigenvalue weighted by Gasteiger charge is 2.03. The predicted octanol–water partition coefficient (Wildman–Crippen LogP) is 2.69. The fraction of sp³-hybridized carbons (Fsp3) is 0.167. The van der Waals surface area contributed by atoms with Crippen molar-refractivity contribution in [2.45, 2.75) is 13.8 Å². The number of ether oxygens (including phenoxy) is 1. The molecule has 1 aromatic carbocycles. The molecule has 0 atom stereocenters. The molecule has 1 N–H and O–H groups in total. The van der Waals surface area contributed by atoms with Gasteiger partial charge in [0.25, 0.3) is 0 Å². The van der Waals surface area contributed by atoms with Gasteiger partial charge in [-0.1, -0.05) is 0 Å². The molecule has 2 rings (SSSR count). The van der Waals surface area contributed by atoms with Crippen LogP contribution in [0.5, 0.6) is 11.6 Å². The molecule has 0 unspecified atom stereocenters. The number of aromatic nitrogens is 2. The normalized spacial score (nSPS) is 9.81. The highest BCUT2D eigenvalue weighted by Crippen LogP contribution is 2.22. The number of hydrogen-bond donors (Lipinski definition) is 1. The molecular weight excluding hydrogens is 202 g/mol. The molecule has 0 amide bonds. The van der Waals surface area contributed by atoms with E-state index < -0.39 is 0 Å². The molecule has 4 heteroatoms. The van der Waals surface area contributed by atoms with Crippen molar-refractivity contribution in [2.75, 3.05) is 0 Å². The van der Waals surface area contributed by atoms with E-state index in [0.29, 0.717) is 17.2 Å². The van der Waals surface area contributed by atoms with Crippen molar-refractivity contribution in [1.82, 2.24) is 10.2 Å². The molecule has 4 nitrogen and oxygen atoms in total. The summed E-state index contributed by atoms with van der Waals surface area (Å²) in [5, 5.41) is 15.6. The lowest BCUT2D eigenvalue weighted by atomic mass is 10.1. The van der Waals surface area contributed by atoms with E-state index in [-0.39, 0.29) is 0 Å². The van der Waals surface area contributed by atoms with Gasteiger partial charge < -0.3 is 4.74 Å². The summed E-state index contributed by atoms with van der Waals surface area (Å²) in [6.07, 6.45) is 0. The first-order chi connectivity index (χ1) is 7.69. The van der Waals surface area contributed by atoms with E-state index in [2.05, 4.69) is 16.3 Å². The van der Waals surface area contributed by atoms with Gasteiger partial charge in [0.05, 0.1) is 11.6 Å². The second kappa shape index (κ2) is 4.07. The van der Waals surface area contributed by atoms with E-state index in [4.69, 9.17) is 10.00 Å². The quantitative estimate of drug-likeness (QED) is 0.834. The van der Waals surface area contributed by atoms with Gasteiger partial charge in [-0.05, 0) is 37.6 Å². The SMILES string of the molecule is Cc1cc(Oc2ccc(C#N)c(C)c2)n[nH]1. The maximum atomic E-state index is 8.79. The van der Waals surface area contributed by atoms with Crippen molar-refractivity contribution in [3.8, 4) is 17.7 Å². The fourth-order valence-electron chi connectivity index (χ4n) is 1.39. The Morgan fingerprint density at radius 1 is 1.31 bits per heavy atom. The van der Waals surface area contributed by atoms with Crippen LogP contribution in [-0.2, 0) is 0 Å². The number of nitrogens with one attached hydrogen (secondary N) is 1. The summed E-state index contributed by atoms with van der Waals surface area (Å²) >= 11 is 0. The smallest absolute Gasteiger partial charge is 0.238 e. The maximum absolute atomic E-state index is 8.79. The van der Waals surface area contributed by atoms with Crippen LogP contribution < -0.4 is 4.74 Å². The number of H-pyrrole nitrogens is 1. The molecule has 0 aliphatic carbocycles. The van der Waals surface area contributed by atoms with Gasteiger partial charge in [-0.2, -0.15) is 5.26 Å². The Balaban J connectivity index is 2.23. The molecule has 1 aromatic heterocycles. The van der Waals surface area contributed by atoms with Gasteiger partial charge in [0.2, 0.25) is 5.88 Å². The standard InChI is InChI=1S/C12H11N3O/c1-8-5-11(4-3-10(8)7-13)16-12-6-9(2)14-15-12/h3-6H,1-2H3,(H,14,15). The van der Waals surface area contributed by atoms with Crippen LogP contribution in [0.4, 0.5) is 0 Å². The first-order valence-electron chi connectivity index (χ1n) is 4.89. The van der Waals surface area contributed by atoms with Crippen molar-refractivity contribution >= 4 is 0 Å². The van der Waals surface area contributed by atoms with Gasteiger partial charge in [-0.3, -0.25) is 5.10 Å². The molecule has 2 aromatic rings. The molecule has 0 aliphatic rings. The van der Waals surface area contributed by atoms with E-state index in [9.17, 15) is 0 Å². The number of rotatable bonds is 2. The third kappa shape index (κ3) is 2.04. The third-order valence-corrected chi connectivity index (χ3v) is 2.22. The molecule has 0 bridgehead atoms. The third-order valence-electron chi connectivity index (χ3n) is 2.22. The Bertz CT molecular complexity index is 552. The Morgan fingerprint density at radius 3 is 2.69 bits per heavy atom. The summed E-state index contributed by atoms with van der Waals surface area (Å²) < 4.78 is 5.53. The molecule has 0 radical (unpaired) electrons. The summed E-state index contributed by atoms with van der Waals surface area (Å²) in [7, 11) is 0. The minimum absolute atomic E-state index is 0.529. The van der Waals surface area contributed by atoms with Gasteiger partial charge in [0, 0.05) is 11.8 Å². The maximum Gasteiger partial charge on any atom is 0.238 e. The highest BCUT2D eigenvalue weighted by molar-refractivity contribution is 5.42. The molecule has 16 heavy (non-hydrogen) atoms. The molecule has 0 aliphatic heterocycles. The van der Waals surface area contributed by atoms with Crippen LogP contribution >= 0.6 is 0 Å². The van der Waals surface area contributed by atoms with Crippen LogP contribution in [0.3, 0.4) is 0 Å². The minimum Gasteiger partial charge on any atom is -0.438 e. The fourth-order valence-corrected chi connectivity index (χ4v) is 1.39. The van der Waals surface area contributed by atoms with Crippen molar-refractivity contribution in [3.05, 3.63) is 41.1 Å². The molecule has 0 saturated carbocycles. The number of nitriles is 1. The largest absolute Gasteiger partial charge is 0.438 e. The van der Waals surface area contributed by atoms with E-state index in [1.54, 1.807) is 12.1 Å². The summed E-state index contributed by atoms with van der Waals surface area (Å²) in [4.78, 5) is 0. The number of aromatic amines is 1. The summed E-state index contributed by atoms with van der Waals surface area (Å²) in [5.41, 5.74) is 2.50. The van der Waals surface area contributed by atoms with Crippen LogP contribution in [0.15, 0.2) is 24.3 Å². The van der Waals surface area contributed by atoms with Crippen molar-refractivity contribution < 1.29 is 4.74 Å². The van der Waals surface area contributed by atoms with Gasteiger partial charge in [-0.15, -0.1) is 5.10 Å². The van der Waals surface area contributed by atoms with Gasteiger partial charge in [-0.25, -0.2) is 0 Å². The number of hydrogen-bond acceptors (Lipinski definition) is 3. The number of aryl methyl sites for hydroxylation is 2. The van der Waals surface area contributed by atoms with Gasteiger partial charge >= 0.3 is 0 Å². The topological polar surface area (TPSA) is 61.7 Å². The number of benzene rings is 1. The molecule has 0 spiro atoms. The predicted molar refractivity (Wildman–Crippen MR) is 59.3 cm³/mol. The van der Waals surface area contributed by atoms with Crippen molar-refractivity contribution in [2.24, 2.45) is 0 Å². The first kappa shape index (κ1) is 10.2. The van der Waals surface area contributed by atoms with Crippen molar-refractivity contribution in [3.63, 3.8) is 0 Å². The minimum atomic E-state index is 0.529. The number of nitrogens with zero attached hydrogens (tertiary/aromatic N) is 2. The molecule has 1 heterocycles. The Labute approximate surface area is 93.5 Å². The Morgan fingerprint density at radius 2 is 2.12 bits per heavy atom. The van der Waals surface area contributed by atoms with Crippen LogP contribution in [0, 0.1) is 25.2 Å². The van der Waals surface area contributed by atoms with E-state index in [1.807, 2.05) is 26.0 Å². The monoisotopic (exact) mass is 213 g/mol. The molecule has 80 valence electrons. The summed E-state index contributed by atoms with van der Waals surface area (Å²) in [6, 6.07) is 9.25. The average Bonchev–Trinajstić information content (AvgIpc) is 2.64. The zero-order valence-corrected chi connectivity index (χ0v) is 9.11. The summed E-state index contributed by atoms with van der Waals surface area (Å²) in [6.45, 7) is 3.78. The van der Waals surface area contributed by atoms with Crippen molar-refractivity contribution in [1.29, 1.82) is 5.26 Å². The molecule has 0 saturated heterocycles. The average molecular weight is 213 g/mol.